The second kappa shape index (κ2) is 21.8. The van der Waals surface area contributed by atoms with Gasteiger partial charge in [0.1, 0.15) is 19.0 Å². The molecule has 0 aliphatic carbocycles. The van der Waals surface area contributed by atoms with Crippen LogP contribution in [-0.4, -0.2) is 91.4 Å². The van der Waals surface area contributed by atoms with E-state index in [0.29, 0.717) is 76.8 Å². The summed E-state index contributed by atoms with van der Waals surface area (Å²) in [4.78, 5) is 23.7. The minimum atomic E-state index is -0.156. The van der Waals surface area contributed by atoms with E-state index in [0.717, 1.165) is 6.54 Å². The van der Waals surface area contributed by atoms with Gasteiger partial charge < -0.3 is 39.6 Å². The van der Waals surface area contributed by atoms with Crippen molar-refractivity contribution in [2.24, 2.45) is 5.92 Å². The largest absolute Gasteiger partial charge is 0.491 e. The lowest BCUT2D eigenvalue weighted by molar-refractivity contribution is -0.126. The molecule has 0 spiro atoms. The highest BCUT2D eigenvalue weighted by Gasteiger charge is 2.04. The molecular formula is C26H43N3O7. The number of ether oxygens (including phenoxy) is 5. The van der Waals surface area contributed by atoms with Crippen LogP contribution in [0.3, 0.4) is 0 Å². The smallest absolute Gasteiger partial charge is 0.246 e. The Morgan fingerprint density at radius 3 is 2.33 bits per heavy atom. The number of hydrogen-bond acceptors (Lipinski definition) is 8. The van der Waals surface area contributed by atoms with Crippen molar-refractivity contribution in [3.8, 4) is 5.75 Å². The zero-order valence-corrected chi connectivity index (χ0v) is 21.9. The van der Waals surface area contributed by atoms with Crippen molar-refractivity contribution in [2.75, 3.05) is 84.9 Å². The lowest BCUT2D eigenvalue weighted by Gasteiger charge is -2.10. The Hall–Kier alpha value is -2.50. The molecule has 0 heterocycles. The molecule has 10 heteroatoms. The van der Waals surface area contributed by atoms with Gasteiger partial charge in [0, 0.05) is 24.8 Å². The number of carbonyl (C=O) groups excluding carboxylic acids is 2. The normalized spacial score (nSPS) is 11.2. The van der Waals surface area contributed by atoms with Gasteiger partial charge in [-0.05, 0) is 25.1 Å². The molecule has 0 unspecified atom stereocenters. The van der Waals surface area contributed by atoms with Gasteiger partial charge in [0.15, 0.2) is 0 Å². The van der Waals surface area contributed by atoms with E-state index in [1.807, 2.05) is 31.3 Å². The monoisotopic (exact) mass is 509 g/mol. The molecule has 0 aliphatic heterocycles. The number of hydrogen-bond donors (Lipinski definition) is 3. The van der Waals surface area contributed by atoms with Gasteiger partial charge in [-0.3, -0.25) is 9.59 Å². The van der Waals surface area contributed by atoms with E-state index in [1.165, 1.54) is 0 Å². The number of anilines is 1. The number of benzene rings is 1. The molecule has 0 bridgehead atoms. The lowest BCUT2D eigenvalue weighted by Crippen LogP contribution is -2.28. The van der Waals surface area contributed by atoms with Crippen LogP contribution in [0.2, 0.25) is 0 Å². The number of allylic oxidation sites excluding steroid dienone is 1. The third kappa shape index (κ3) is 18.8. The van der Waals surface area contributed by atoms with E-state index in [-0.39, 0.29) is 24.8 Å². The molecule has 36 heavy (non-hydrogen) atoms. The van der Waals surface area contributed by atoms with Crippen molar-refractivity contribution in [1.82, 2.24) is 10.6 Å². The summed E-state index contributed by atoms with van der Waals surface area (Å²) in [5, 5.41) is 8.58. The fraction of sp³-hybridized carbons (Fsp3) is 0.615. The average molecular weight is 510 g/mol. The Morgan fingerprint density at radius 2 is 1.58 bits per heavy atom. The van der Waals surface area contributed by atoms with Gasteiger partial charge in [0.05, 0.1) is 52.7 Å². The van der Waals surface area contributed by atoms with E-state index < -0.39 is 0 Å². The fourth-order valence-electron chi connectivity index (χ4n) is 2.72. The van der Waals surface area contributed by atoms with Crippen LogP contribution in [0.15, 0.2) is 36.4 Å². The topological polar surface area (TPSA) is 116 Å². The second-order valence-corrected chi connectivity index (χ2v) is 8.14. The Labute approximate surface area is 215 Å². The predicted molar refractivity (Wildman–Crippen MR) is 139 cm³/mol. The molecule has 0 atom stereocenters. The summed E-state index contributed by atoms with van der Waals surface area (Å²) in [6.45, 7) is 8.81. The number of likely N-dealkylation sites (N-methyl/N-ethyl adjacent to an activating group) is 1. The highest BCUT2D eigenvalue weighted by atomic mass is 16.5. The average Bonchev–Trinajstić information content (AvgIpc) is 2.85. The maximum absolute atomic E-state index is 12.1. The van der Waals surface area contributed by atoms with Crippen molar-refractivity contribution in [3.63, 3.8) is 0 Å². The van der Waals surface area contributed by atoms with Crippen LogP contribution in [0.4, 0.5) is 5.69 Å². The molecule has 0 saturated carbocycles. The first-order valence-electron chi connectivity index (χ1n) is 12.4. The number of carbonyl (C=O) groups is 2. The minimum absolute atomic E-state index is 0.00535. The molecular weight excluding hydrogens is 466 g/mol. The van der Waals surface area contributed by atoms with Gasteiger partial charge in [-0.15, -0.1) is 0 Å². The molecule has 1 rings (SSSR count). The minimum Gasteiger partial charge on any atom is -0.491 e. The molecule has 3 N–H and O–H groups in total. The number of rotatable bonds is 22. The number of nitrogens with one attached hydrogen (secondary N) is 3. The van der Waals surface area contributed by atoms with Gasteiger partial charge >= 0.3 is 0 Å². The molecule has 0 saturated heterocycles. The fourth-order valence-corrected chi connectivity index (χ4v) is 2.72. The molecule has 10 nitrogen and oxygen atoms in total. The summed E-state index contributed by atoms with van der Waals surface area (Å²) in [5.74, 6) is 0.805. The van der Waals surface area contributed by atoms with Gasteiger partial charge in [-0.1, -0.05) is 32.1 Å². The first-order valence-corrected chi connectivity index (χ1v) is 12.4. The first-order chi connectivity index (χ1) is 17.5. The van der Waals surface area contributed by atoms with E-state index in [2.05, 4.69) is 29.8 Å². The first kappa shape index (κ1) is 31.5. The van der Waals surface area contributed by atoms with Crippen molar-refractivity contribution in [3.05, 3.63) is 36.4 Å². The van der Waals surface area contributed by atoms with Crippen molar-refractivity contribution >= 4 is 17.5 Å². The Kier molecular flexibility index (Phi) is 19.1. The molecule has 1 aromatic carbocycles. The summed E-state index contributed by atoms with van der Waals surface area (Å²) >= 11 is 0. The van der Waals surface area contributed by atoms with Crippen LogP contribution in [0, 0.1) is 5.92 Å². The van der Waals surface area contributed by atoms with Crippen LogP contribution in [0.25, 0.3) is 0 Å². The molecule has 2 amide bonds. The third-order valence-electron chi connectivity index (χ3n) is 4.50. The molecule has 0 aromatic heterocycles. The van der Waals surface area contributed by atoms with Crippen molar-refractivity contribution in [2.45, 2.75) is 20.3 Å². The summed E-state index contributed by atoms with van der Waals surface area (Å²) in [6.07, 6.45) is 4.22. The van der Waals surface area contributed by atoms with Crippen LogP contribution in [-0.2, 0) is 28.5 Å². The standard InChI is InChI=1S/C26H43N3O7/c1-22(2)6-5-10-28-26(31)21-35-17-16-34-18-19-36-24-8-4-7-23(20-24)29-25(30)9-12-32-14-15-33-13-11-27-3/h4-8,20,22,27H,9-19,21H2,1-3H3,(H,28,31)(H,29,30)/b6-5+. The van der Waals surface area contributed by atoms with E-state index >= 15 is 0 Å². The quantitative estimate of drug-likeness (QED) is 0.161. The van der Waals surface area contributed by atoms with Crippen molar-refractivity contribution < 1.29 is 33.3 Å². The van der Waals surface area contributed by atoms with Gasteiger partial charge in [0.2, 0.25) is 11.8 Å². The Morgan fingerprint density at radius 1 is 0.889 bits per heavy atom. The molecule has 0 aliphatic rings. The maximum atomic E-state index is 12.1. The summed E-state index contributed by atoms with van der Waals surface area (Å²) in [6, 6.07) is 7.17. The van der Waals surface area contributed by atoms with E-state index in [9.17, 15) is 9.59 Å². The Bertz CT molecular complexity index is 744. The predicted octanol–water partition coefficient (Wildman–Crippen LogP) is 2.01. The highest BCUT2D eigenvalue weighted by molar-refractivity contribution is 5.90. The SMILES string of the molecule is CNCCOCCOCCC(=O)Nc1cccc(OCCOCCOCC(=O)NC/C=C/C(C)C)c1. The van der Waals surface area contributed by atoms with Crippen LogP contribution >= 0.6 is 0 Å². The van der Waals surface area contributed by atoms with Crippen molar-refractivity contribution in [1.29, 1.82) is 0 Å². The molecule has 0 radical (unpaired) electrons. The highest BCUT2D eigenvalue weighted by Crippen LogP contribution is 2.17. The van der Waals surface area contributed by atoms with E-state index in [1.54, 1.807) is 12.1 Å². The zero-order chi connectivity index (χ0) is 26.3. The maximum Gasteiger partial charge on any atom is 0.246 e. The Balaban J connectivity index is 2.05. The molecule has 0 fully saturated rings. The van der Waals surface area contributed by atoms with Crippen LogP contribution < -0.4 is 20.7 Å². The summed E-state index contributed by atoms with van der Waals surface area (Å²) in [5.41, 5.74) is 0.653. The van der Waals surface area contributed by atoms with Gasteiger partial charge in [-0.2, -0.15) is 0 Å². The van der Waals surface area contributed by atoms with E-state index in [4.69, 9.17) is 23.7 Å². The number of amides is 2. The molecule has 204 valence electrons. The third-order valence-corrected chi connectivity index (χ3v) is 4.50. The van der Waals surface area contributed by atoms with Crippen LogP contribution in [0.1, 0.15) is 20.3 Å². The molecule has 1 aromatic rings. The second-order valence-electron chi connectivity index (χ2n) is 8.14. The lowest BCUT2D eigenvalue weighted by atomic mass is 10.2. The van der Waals surface area contributed by atoms with Crippen LogP contribution in [0.5, 0.6) is 5.75 Å². The summed E-state index contributed by atoms with van der Waals surface area (Å²) in [7, 11) is 1.87. The van der Waals surface area contributed by atoms with Gasteiger partial charge in [0.25, 0.3) is 0 Å². The zero-order valence-electron chi connectivity index (χ0n) is 21.9. The summed E-state index contributed by atoms with van der Waals surface area (Å²) < 4.78 is 27.2. The van der Waals surface area contributed by atoms with Gasteiger partial charge in [-0.25, -0.2) is 0 Å².